The molecule has 3 aromatic heterocycles. The molecule has 4 aromatic rings. The highest BCUT2D eigenvalue weighted by atomic mass is 16.3. The molecule has 10 heteroatoms. The first-order chi connectivity index (χ1) is 14.8. The Morgan fingerprint density at radius 1 is 1.17 bits per heavy atom. The van der Waals surface area contributed by atoms with Crippen LogP contribution < -0.4 is 5.32 Å². The number of aryl methyl sites for hydroxylation is 1. The number of rotatable bonds is 8. The SMILES string of the molecule is CCn1cnnc1CCNC(=O)/C(=C/c1ccco1)n1nnnc1-c1ccccc1. The van der Waals surface area contributed by atoms with Gasteiger partial charge in [-0.25, -0.2) is 0 Å². The van der Waals surface area contributed by atoms with E-state index in [1.54, 1.807) is 24.5 Å². The number of carbonyl (C=O) groups is 1. The summed E-state index contributed by atoms with van der Waals surface area (Å²) in [5, 5.41) is 22.8. The number of nitrogens with zero attached hydrogens (tertiary/aromatic N) is 7. The second-order valence-electron chi connectivity index (χ2n) is 6.36. The van der Waals surface area contributed by atoms with Crippen LogP contribution in [0.2, 0.25) is 0 Å². The first-order valence-electron chi connectivity index (χ1n) is 9.50. The van der Waals surface area contributed by atoms with Gasteiger partial charge in [-0.2, -0.15) is 4.68 Å². The Labute approximate surface area is 172 Å². The van der Waals surface area contributed by atoms with Gasteiger partial charge in [-0.1, -0.05) is 30.3 Å². The molecule has 1 N–H and O–H groups in total. The van der Waals surface area contributed by atoms with Gasteiger partial charge < -0.3 is 14.3 Å². The third kappa shape index (κ3) is 4.17. The third-order valence-corrected chi connectivity index (χ3v) is 4.46. The predicted molar refractivity (Wildman–Crippen MR) is 109 cm³/mol. The fourth-order valence-electron chi connectivity index (χ4n) is 2.96. The molecule has 0 aliphatic rings. The van der Waals surface area contributed by atoms with Gasteiger partial charge in [0.1, 0.15) is 23.6 Å². The number of furan rings is 1. The summed E-state index contributed by atoms with van der Waals surface area (Å²) in [6.07, 6.45) is 5.37. The highest BCUT2D eigenvalue weighted by Crippen LogP contribution is 2.20. The van der Waals surface area contributed by atoms with E-state index >= 15 is 0 Å². The summed E-state index contributed by atoms with van der Waals surface area (Å²) in [5.74, 6) is 1.44. The van der Waals surface area contributed by atoms with Crippen LogP contribution in [0.25, 0.3) is 23.2 Å². The number of carbonyl (C=O) groups excluding carboxylic acids is 1. The first-order valence-corrected chi connectivity index (χ1v) is 9.50. The Hall–Kier alpha value is -4.08. The fraction of sp³-hybridized carbons (Fsp3) is 0.200. The minimum Gasteiger partial charge on any atom is -0.465 e. The number of hydrogen-bond donors (Lipinski definition) is 1. The molecule has 0 bridgehead atoms. The van der Waals surface area contributed by atoms with Crippen molar-refractivity contribution in [3.05, 3.63) is 66.6 Å². The summed E-state index contributed by atoms with van der Waals surface area (Å²) >= 11 is 0. The minimum atomic E-state index is -0.335. The largest absolute Gasteiger partial charge is 0.465 e. The molecule has 0 atom stereocenters. The molecular weight excluding hydrogens is 384 g/mol. The van der Waals surface area contributed by atoms with Crippen LogP contribution in [0, 0.1) is 0 Å². The molecule has 30 heavy (non-hydrogen) atoms. The lowest BCUT2D eigenvalue weighted by molar-refractivity contribution is -0.115. The smallest absolute Gasteiger partial charge is 0.270 e. The van der Waals surface area contributed by atoms with Crippen LogP contribution in [0.15, 0.2) is 59.5 Å². The standard InChI is InChI=1S/C20H20N8O2/c1-2-27-14-22-23-18(27)10-11-21-20(29)17(13-16-9-6-12-30-16)28-19(24-25-26-28)15-7-4-3-5-8-15/h3-9,12-14H,2,10-11H2,1H3,(H,21,29)/b17-13-. The maximum Gasteiger partial charge on any atom is 0.270 e. The second kappa shape index (κ2) is 8.95. The molecule has 0 unspecified atom stereocenters. The zero-order valence-electron chi connectivity index (χ0n) is 16.3. The van der Waals surface area contributed by atoms with Gasteiger partial charge in [0.2, 0.25) is 0 Å². The molecule has 152 valence electrons. The third-order valence-electron chi connectivity index (χ3n) is 4.46. The van der Waals surface area contributed by atoms with Gasteiger partial charge in [-0.3, -0.25) is 4.79 Å². The van der Waals surface area contributed by atoms with Crippen LogP contribution in [0.3, 0.4) is 0 Å². The average Bonchev–Trinajstić information content (AvgIpc) is 3.54. The number of amides is 1. The lowest BCUT2D eigenvalue weighted by Gasteiger charge is -2.10. The molecule has 0 saturated heterocycles. The lowest BCUT2D eigenvalue weighted by Crippen LogP contribution is -2.29. The Morgan fingerprint density at radius 2 is 2.03 bits per heavy atom. The van der Waals surface area contributed by atoms with Gasteiger partial charge in [0.25, 0.3) is 5.91 Å². The number of aromatic nitrogens is 7. The van der Waals surface area contributed by atoms with Crippen molar-refractivity contribution in [3.63, 3.8) is 0 Å². The van der Waals surface area contributed by atoms with Gasteiger partial charge in [0.05, 0.1) is 6.26 Å². The Kier molecular flexibility index (Phi) is 5.74. The summed E-state index contributed by atoms with van der Waals surface area (Å²) in [4.78, 5) is 13.1. The lowest BCUT2D eigenvalue weighted by atomic mass is 10.2. The van der Waals surface area contributed by atoms with Crippen LogP contribution in [0.1, 0.15) is 18.5 Å². The molecule has 3 heterocycles. The highest BCUT2D eigenvalue weighted by molar-refractivity contribution is 6.18. The summed E-state index contributed by atoms with van der Waals surface area (Å²) in [6, 6.07) is 12.9. The van der Waals surface area contributed by atoms with Crippen molar-refractivity contribution in [1.82, 2.24) is 40.3 Å². The molecule has 4 rings (SSSR count). The number of hydrogen-bond acceptors (Lipinski definition) is 7. The van der Waals surface area contributed by atoms with Gasteiger partial charge in [0, 0.05) is 31.1 Å². The highest BCUT2D eigenvalue weighted by Gasteiger charge is 2.19. The molecule has 0 aliphatic heterocycles. The molecule has 0 radical (unpaired) electrons. The predicted octanol–water partition coefficient (Wildman–Crippen LogP) is 1.90. The number of tetrazole rings is 1. The molecule has 0 saturated carbocycles. The topological polar surface area (TPSA) is 117 Å². The van der Waals surface area contributed by atoms with Crippen molar-refractivity contribution in [2.75, 3.05) is 6.54 Å². The molecule has 0 fully saturated rings. The van der Waals surface area contributed by atoms with E-state index in [4.69, 9.17) is 4.42 Å². The van der Waals surface area contributed by atoms with Crippen LogP contribution in [0.4, 0.5) is 0 Å². The van der Waals surface area contributed by atoms with E-state index < -0.39 is 0 Å². The van der Waals surface area contributed by atoms with Crippen LogP contribution >= 0.6 is 0 Å². The molecule has 1 aromatic carbocycles. The maximum atomic E-state index is 13.1. The van der Waals surface area contributed by atoms with E-state index in [9.17, 15) is 4.79 Å². The zero-order chi connectivity index (χ0) is 20.8. The van der Waals surface area contributed by atoms with E-state index in [1.807, 2.05) is 41.8 Å². The maximum absolute atomic E-state index is 13.1. The average molecular weight is 404 g/mol. The molecular formula is C20H20N8O2. The molecule has 0 spiro atoms. The Bertz CT molecular complexity index is 1130. The Morgan fingerprint density at radius 3 is 2.80 bits per heavy atom. The van der Waals surface area contributed by atoms with E-state index in [1.165, 1.54) is 10.9 Å². The molecule has 0 aliphatic carbocycles. The second-order valence-corrected chi connectivity index (χ2v) is 6.36. The normalized spacial score (nSPS) is 11.6. The van der Waals surface area contributed by atoms with Gasteiger partial charge in [-0.15, -0.1) is 15.3 Å². The van der Waals surface area contributed by atoms with Gasteiger partial charge in [0.15, 0.2) is 5.82 Å². The summed E-state index contributed by atoms with van der Waals surface area (Å²) in [7, 11) is 0. The zero-order valence-corrected chi connectivity index (χ0v) is 16.3. The monoisotopic (exact) mass is 404 g/mol. The van der Waals surface area contributed by atoms with Crippen molar-refractivity contribution in [2.24, 2.45) is 0 Å². The quantitative estimate of drug-likeness (QED) is 0.446. The van der Waals surface area contributed by atoms with Crippen molar-refractivity contribution < 1.29 is 9.21 Å². The summed E-state index contributed by atoms with van der Waals surface area (Å²) < 4.78 is 8.73. The molecule has 10 nitrogen and oxygen atoms in total. The van der Waals surface area contributed by atoms with Crippen LogP contribution in [0.5, 0.6) is 0 Å². The number of nitrogens with one attached hydrogen (secondary N) is 1. The van der Waals surface area contributed by atoms with Crippen molar-refractivity contribution >= 4 is 17.7 Å². The summed E-state index contributed by atoms with van der Waals surface area (Å²) in [5.41, 5.74) is 1.03. The minimum absolute atomic E-state index is 0.241. The van der Waals surface area contributed by atoms with E-state index in [2.05, 4.69) is 31.0 Å². The van der Waals surface area contributed by atoms with E-state index in [-0.39, 0.29) is 11.6 Å². The summed E-state index contributed by atoms with van der Waals surface area (Å²) in [6.45, 7) is 3.17. The van der Waals surface area contributed by atoms with E-state index in [0.29, 0.717) is 24.6 Å². The van der Waals surface area contributed by atoms with Crippen molar-refractivity contribution in [1.29, 1.82) is 0 Å². The van der Waals surface area contributed by atoms with Crippen molar-refractivity contribution in [2.45, 2.75) is 19.9 Å². The van der Waals surface area contributed by atoms with E-state index in [0.717, 1.165) is 17.9 Å². The van der Waals surface area contributed by atoms with Gasteiger partial charge >= 0.3 is 0 Å². The Balaban J connectivity index is 1.59. The van der Waals surface area contributed by atoms with Crippen LogP contribution in [-0.4, -0.2) is 47.4 Å². The molecule has 1 amide bonds. The fourth-order valence-corrected chi connectivity index (χ4v) is 2.96. The van der Waals surface area contributed by atoms with Crippen LogP contribution in [-0.2, 0) is 17.8 Å². The first kappa shape index (κ1) is 19.2. The van der Waals surface area contributed by atoms with Gasteiger partial charge in [-0.05, 0) is 29.5 Å². The van der Waals surface area contributed by atoms with Crippen molar-refractivity contribution in [3.8, 4) is 11.4 Å². The number of benzene rings is 1.